The van der Waals surface area contributed by atoms with Crippen LogP contribution in [-0.4, -0.2) is 24.5 Å². The van der Waals surface area contributed by atoms with Crippen LogP contribution >= 0.6 is 0 Å². The highest BCUT2D eigenvalue weighted by Crippen LogP contribution is 2.26. The maximum Gasteiger partial charge on any atom is 0.337 e. The Kier molecular flexibility index (Phi) is 5.53. The molecule has 0 bridgehead atoms. The molecular weight excluding hydrogens is 266 g/mol. The SMILES string of the molecule is COC(=O)c1ccc(C(=O)NC(C)(C(C)C)C(C)C)cc1. The Morgan fingerprint density at radius 1 is 1.00 bits per heavy atom. The zero-order valence-electron chi connectivity index (χ0n) is 13.7. The third-order valence-corrected chi connectivity index (χ3v) is 4.35. The van der Waals surface area contributed by atoms with Crippen molar-refractivity contribution in [2.24, 2.45) is 11.8 Å². The first-order valence-corrected chi connectivity index (χ1v) is 7.23. The van der Waals surface area contributed by atoms with Crippen LogP contribution < -0.4 is 5.32 Å². The Morgan fingerprint density at radius 2 is 1.43 bits per heavy atom. The number of carbonyl (C=O) groups is 2. The number of rotatable bonds is 5. The molecule has 0 aliphatic rings. The van der Waals surface area contributed by atoms with Gasteiger partial charge in [0, 0.05) is 11.1 Å². The molecule has 1 N–H and O–H groups in total. The van der Waals surface area contributed by atoms with Crippen molar-refractivity contribution in [3.05, 3.63) is 35.4 Å². The summed E-state index contributed by atoms with van der Waals surface area (Å²) in [6, 6.07) is 6.48. The van der Waals surface area contributed by atoms with Crippen molar-refractivity contribution < 1.29 is 14.3 Å². The van der Waals surface area contributed by atoms with Crippen molar-refractivity contribution in [2.75, 3.05) is 7.11 Å². The predicted molar refractivity (Wildman–Crippen MR) is 83.3 cm³/mol. The minimum atomic E-state index is -0.406. The average Bonchev–Trinajstić information content (AvgIpc) is 2.45. The molecule has 0 saturated heterocycles. The molecule has 0 radical (unpaired) electrons. The molecule has 0 aromatic heterocycles. The minimum Gasteiger partial charge on any atom is -0.465 e. The third kappa shape index (κ3) is 3.84. The summed E-state index contributed by atoms with van der Waals surface area (Å²) in [7, 11) is 1.33. The molecule has 0 heterocycles. The lowest BCUT2D eigenvalue weighted by Gasteiger charge is -2.38. The largest absolute Gasteiger partial charge is 0.465 e. The Labute approximate surface area is 126 Å². The Balaban J connectivity index is 2.91. The van der Waals surface area contributed by atoms with E-state index in [4.69, 9.17) is 0 Å². The van der Waals surface area contributed by atoms with Crippen LogP contribution in [0.3, 0.4) is 0 Å². The first-order valence-electron chi connectivity index (χ1n) is 7.23. The van der Waals surface area contributed by atoms with E-state index in [9.17, 15) is 9.59 Å². The van der Waals surface area contributed by atoms with Crippen molar-refractivity contribution in [1.82, 2.24) is 5.32 Å². The number of methoxy groups -OCH3 is 1. The second-order valence-corrected chi connectivity index (χ2v) is 6.12. The molecule has 0 aliphatic carbocycles. The number of ether oxygens (including phenoxy) is 1. The summed E-state index contributed by atoms with van der Waals surface area (Å²) in [5, 5.41) is 3.12. The molecule has 4 nitrogen and oxygen atoms in total. The fourth-order valence-electron chi connectivity index (χ4n) is 2.15. The van der Waals surface area contributed by atoms with E-state index in [1.54, 1.807) is 24.3 Å². The summed E-state index contributed by atoms with van der Waals surface area (Å²) in [5.41, 5.74) is 0.692. The van der Waals surface area contributed by atoms with Gasteiger partial charge in [0.15, 0.2) is 0 Å². The molecule has 0 atom stereocenters. The molecule has 0 fully saturated rings. The van der Waals surface area contributed by atoms with Crippen LogP contribution in [0.4, 0.5) is 0 Å². The summed E-state index contributed by atoms with van der Waals surface area (Å²) in [5.74, 6) is 0.0963. The monoisotopic (exact) mass is 291 g/mol. The number of hydrogen-bond donors (Lipinski definition) is 1. The lowest BCUT2D eigenvalue weighted by Crippen LogP contribution is -2.53. The van der Waals surface area contributed by atoms with E-state index in [0.29, 0.717) is 23.0 Å². The molecule has 21 heavy (non-hydrogen) atoms. The standard InChI is InChI=1S/C17H25NO3/c1-11(2)17(5,12(3)4)18-15(19)13-7-9-14(10-8-13)16(20)21-6/h7-12H,1-6H3,(H,18,19). The summed E-state index contributed by atoms with van der Waals surface area (Å²) < 4.78 is 4.64. The van der Waals surface area contributed by atoms with E-state index < -0.39 is 5.97 Å². The lowest BCUT2D eigenvalue weighted by molar-refractivity contribution is 0.0600. The maximum atomic E-state index is 12.4. The number of benzene rings is 1. The van der Waals surface area contributed by atoms with Gasteiger partial charge in [-0.2, -0.15) is 0 Å². The Bertz CT molecular complexity index is 495. The normalized spacial score (nSPS) is 11.6. The zero-order valence-corrected chi connectivity index (χ0v) is 13.7. The molecule has 1 rings (SSSR count). The summed E-state index contributed by atoms with van der Waals surface area (Å²) in [6.07, 6.45) is 0. The molecular formula is C17H25NO3. The van der Waals surface area contributed by atoms with E-state index >= 15 is 0 Å². The van der Waals surface area contributed by atoms with Gasteiger partial charge in [0.05, 0.1) is 12.7 Å². The van der Waals surface area contributed by atoms with Crippen LogP contribution in [0.5, 0.6) is 0 Å². The smallest absolute Gasteiger partial charge is 0.337 e. The first-order chi connectivity index (χ1) is 9.72. The van der Waals surface area contributed by atoms with E-state index in [1.165, 1.54) is 7.11 Å². The second kappa shape index (κ2) is 6.74. The fourth-order valence-corrected chi connectivity index (χ4v) is 2.15. The molecule has 0 saturated carbocycles. The number of hydrogen-bond acceptors (Lipinski definition) is 3. The van der Waals surface area contributed by atoms with Gasteiger partial charge in [0.1, 0.15) is 0 Å². The van der Waals surface area contributed by atoms with Gasteiger partial charge in [-0.1, -0.05) is 27.7 Å². The minimum absolute atomic E-state index is 0.128. The van der Waals surface area contributed by atoms with Crippen LogP contribution in [-0.2, 0) is 4.74 Å². The van der Waals surface area contributed by atoms with Crippen molar-refractivity contribution in [3.63, 3.8) is 0 Å². The molecule has 1 aromatic carbocycles. The highest BCUT2D eigenvalue weighted by molar-refractivity contribution is 5.96. The van der Waals surface area contributed by atoms with Gasteiger partial charge < -0.3 is 10.1 Å². The van der Waals surface area contributed by atoms with Crippen LogP contribution in [0.1, 0.15) is 55.3 Å². The van der Waals surface area contributed by atoms with Gasteiger partial charge in [-0.05, 0) is 43.0 Å². The van der Waals surface area contributed by atoms with E-state index in [1.807, 2.05) is 0 Å². The number of carbonyl (C=O) groups excluding carboxylic acids is 2. The highest BCUT2D eigenvalue weighted by Gasteiger charge is 2.33. The summed E-state index contributed by atoms with van der Waals surface area (Å²) >= 11 is 0. The van der Waals surface area contributed by atoms with Crippen molar-refractivity contribution >= 4 is 11.9 Å². The summed E-state index contributed by atoms with van der Waals surface area (Å²) in [4.78, 5) is 23.8. The van der Waals surface area contributed by atoms with Gasteiger partial charge >= 0.3 is 5.97 Å². The van der Waals surface area contributed by atoms with E-state index in [-0.39, 0.29) is 11.4 Å². The zero-order chi connectivity index (χ0) is 16.2. The van der Waals surface area contributed by atoms with Gasteiger partial charge in [0.25, 0.3) is 5.91 Å². The molecule has 4 heteroatoms. The van der Waals surface area contributed by atoms with Gasteiger partial charge in [-0.25, -0.2) is 4.79 Å². The third-order valence-electron chi connectivity index (χ3n) is 4.35. The molecule has 116 valence electrons. The number of nitrogens with one attached hydrogen (secondary N) is 1. The molecule has 0 spiro atoms. The molecule has 0 unspecified atom stereocenters. The Morgan fingerprint density at radius 3 is 1.81 bits per heavy atom. The molecule has 1 aromatic rings. The number of amides is 1. The average molecular weight is 291 g/mol. The van der Waals surface area contributed by atoms with Crippen molar-refractivity contribution in [2.45, 2.75) is 40.2 Å². The van der Waals surface area contributed by atoms with Crippen LogP contribution in [0.15, 0.2) is 24.3 Å². The van der Waals surface area contributed by atoms with E-state index in [0.717, 1.165) is 0 Å². The van der Waals surface area contributed by atoms with Crippen molar-refractivity contribution in [3.8, 4) is 0 Å². The van der Waals surface area contributed by atoms with Gasteiger partial charge in [-0.3, -0.25) is 4.79 Å². The van der Waals surface area contributed by atoms with Crippen LogP contribution in [0.25, 0.3) is 0 Å². The first kappa shape index (κ1) is 17.2. The molecule has 1 amide bonds. The van der Waals surface area contributed by atoms with Crippen LogP contribution in [0, 0.1) is 11.8 Å². The van der Waals surface area contributed by atoms with Gasteiger partial charge in [-0.15, -0.1) is 0 Å². The fraction of sp³-hybridized carbons (Fsp3) is 0.529. The maximum absolute atomic E-state index is 12.4. The quantitative estimate of drug-likeness (QED) is 0.847. The Hall–Kier alpha value is -1.84. The molecule has 0 aliphatic heterocycles. The summed E-state index contributed by atoms with van der Waals surface area (Å²) in [6.45, 7) is 10.4. The predicted octanol–water partition coefficient (Wildman–Crippen LogP) is 3.27. The van der Waals surface area contributed by atoms with Gasteiger partial charge in [0.2, 0.25) is 0 Å². The second-order valence-electron chi connectivity index (χ2n) is 6.12. The topological polar surface area (TPSA) is 55.4 Å². The lowest BCUT2D eigenvalue weighted by atomic mass is 9.78. The highest BCUT2D eigenvalue weighted by atomic mass is 16.5. The van der Waals surface area contributed by atoms with Crippen molar-refractivity contribution in [1.29, 1.82) is 0 Å². The van der Waals surface area contributed by atoms with Crippen LogP contribution in [0.2, 0.25) is 0 Å². The number of esters is 1. The van der Waals surface area contributed by atoms with E-state index in [2.05, 4.69) is 44.7 Å².